The molecule has 6 heteroatoms. The molecule has 5 nitrogen and oxygen atoms in total. The fraction of sp³-hybridized carbons (Fsp3) is 0.533. The molecule has 116 valence electrons. The van der Waals surface area contributed by atoms with Crippen LogP contribution in [-0.2, 0) is 9.53 Å². The van der Waals surface area contributed by atoms with E-state index in [1.54, 1.807) is 18.2 Å². The summed E-state index contributed by atoms with van der Waals surface area (Å²) in [6.45, 7) is 5.13. The van der Waals surface area contributed by atoms with Crippen LogP contribution < -0.4 is 15.4 Å². The van der Waals surface area contributed by atoms with Gasteiger partial charge in [-0.05, 0) is 38.1 Å². The summed E-state index contributed by atoms with van der Waals surface area (Å²) in [4.78, 5) is 12.2. The summed E-state index contributed by atoms with van der Waals surface area (Å²) < 4.78 is 10.9. The van der Waals surface area contributed by atoms with Crippen molar-refractivity contribution in [2.24, 2.45) is 5.92 Å². The second kappa shape index (κ2) is 8.22. The fourth-order valence-corrected chi connectivity index (χ4v) is 2.37. The Morgan fingerprint density at radius 1 is 1.48 bits per heavy atom. The van der Waals surface area contributed by atoms with Crippen LogP contribution in [0.2, 0.25) is 5.02 Å². The predicted molar refractivity (Wildman–Crippen MR) is 83.0 cm³/mol. The molecular weight excluding hydrogens is 292 g/mol. The maximum absolute atomic E-state index is 12.2. The van der Waals surface area contributed by atoms with Crippen LogP contribution >= 0.6 is 11.6 Å². The molecule has 0 spiro atoms. The minimum atomic E-state index is -0.00285. The maximum Gasteiger partial charge on any atom is 0.228 e. The molecule has 1 heterocycles. The molecule has 21 heavy (non-hydrogen) atoms. The number of nitrogens with one attached hydrogen (secondary N) is 2. The molecule has 1 fully saturated rings. The molecular formula is C15H21ClN2O3. The normalized spacial score (nSPS) is 17.7. The molecule has 0 aliphatic carbocycles. The highest BCUT2D eigenvalue weighted by Gasteiger charge is 2.23. The molecule has 0 radical (unpaired) electrons. The molecule has 1 saturated heterocycles. The molecule has 1 amide bonds. The Balaban J connectivity index is 1.98. The number of hydrogen-bond donors (Lipinski definition) is 2. The van der Waals surface area contributed by atoms with Crippen molar-refractivity contribution in [2.75, 3.05) is 38.2 Å². The third kappa shape index (κ3) is 4.88. The van der Waals surface area contributed by atoms with Crippen molar-refractivity contribution in [1.82, 2.24) is 5.32 Å². The van der Waals surface area contributed by atoms with Gasteiger partial charge in [-0.1, -0.05) is 11.6 Å². The first kappa shape index (κ1) is 16.1. The van der Waals surface area contributed by atoms with Gasteiger partial charge < -0.3 is 20.1 Å². The number of halogens is 1. The van der Waals surface area contributed by atoms with Gasteiger partial charge in [-0.25, -0.2) is 0 Å². The standard InChI is InChI=1S/C15H21ClN2O3/c1-2-20-7-8-21-14-4-3-12(16)9-13(14)18-15(19)11-5-6-17-10-11/h3-4,9,11,17H,2,5-8,10H2,1H3,(H,18,19)/t11-/m1/s1. The third-order valence-electron chi connectivity index (χ3n) is 3.32. The van der Waals surface area contributed by atoms with Gasteiger partial charge in [0.2, 0.25) is 5.91 Å². The highest BCUT2D eigenvalue weighted by molar-refractivity contribution is 6.31. The predicted octanol–water partition coefficient (Wildman–Crippen LogP) is 2.30. The monoisotopic (exact) mass is 312 g/mol. The van der Waals surface area contributed by atoms with Gasteiger partial charge in [-0.2, -0.15) is 0 Å². The summed E-state index contributed by atoms with van der Waals surface area (Å²) >= 11 is 6.00. The number of hydrogen-bond acceptors (Lipinski definition) is 4. The Hall–Kier alpha value is -1.30. The van der Waals surface area contributed by atoms with Crippen LogP contribution in [0.25, 0.3) is 0 Å². The highest BCUT2D eigenvalue weighted by atomic mass is 35.5. The number of ether oxygens (including phenoxy) is 2. The van der Waals surface area contributed by atoms with Crippen molar-refractivity contribution >= 4 is 23.2 Å². The maximum atomic E-state index is 12.2. The van der Waals surface area contributed by atoms with Crippen molar-refractivity contribution in [1.29, 1.82) is 0 Å². The lowest BCUT2D eigenvalue weighted by molar-refractivity contribution is -0.119. The average molecular weight is 313 g/mol. The first-order valence-electron chi connectivity index (χ1n) is 7.22. The van der Waals surface area contributed by atoms with E-state index in [4.69, 9.17) is 21.1 Å². The summed E-state index contributed by atoms with van der Waals surface area (Å²) in [6, 6.07) is 5.21. The summed E-state index contributed by atoms with van der Waals surface area (Å²) in [6.07, 6.45) is 0.854. The molecule has 0 unspecified atom stereocenters. The molecule has 1 aromatic rings. The second-order valence-corrected chi connectivity index (χ2v) is 5.30. The molecule has 1 atom stereocenters. The zero-order chi connectivity index (χ0) is 15.1. The zero-order valence-electron chi connectivity index (χ0n) is 12.2. The lowest BCUT2D eigenvalue weighted by Crippen LogP contribution is -2.25. The largest absolute Gasteiger partial charge is 0.489 e. The summed E-state index contributed by atoms with van der Waals surface area (Å²) in [5.74, 6) is 0.607. The molecule has 2 N–H and O–H groups in total. The molecule has 1 aromatic carbocycles. The Morgan fingerprint density at radius 2 is 2.33 bits per heavy atom. The lowest BCUT2D eigenvalue weighted by atomic mass is 10.1. The van der Waals surface area contributed by atoms with Gasteiger partial charge in [-0.15, -0.1) is 0 Å². The van der Waals surface area contributed by atoms with Gasteiger partial charge in [0.05, 0.1) is 18.2 Å². The van der Waals surface area contributed by atoms with E-state index in [2.05, 4.69) is 10.6 Å². The van der Waals surface area contributed by atoms with E-state index in [9.17, 15) is 4.79 Å². The van der Waals surface area contributed by atoms with E-state index in [1.807, 2.05) is 6.92 Å². The van der Waals surface area contributed by atoms with Gasteiger partial charge in [0, 0.05) is 18.2 Å². The highest BCUT2D eigenvalue weighted by Crippen LogP contribution is 2.28. The van der Waals surface area contributed by atoms with Crippen molar-refractivity contribution in [3.05, 3.63) is 23.2 Å². The van der Waals surface area contributed by atoms with Crippen LogP contribution in [0.3, 0.4) is 0 Å². The number of anilines is 1. The Bertz CT molecular complexity index is 476. The topological polar surface area (TPSA) is 59.6 Å². The summed E-state index contributed by atoms with van der Waals surface area (Å²) in [7, 11) is 0. The van der Waals surface area contributed by atoms with Crippen LogP contribution in [0, 0.1) is 5.92 Å². The van der Waals surface area contributed by atoms with Gasteiger partial charge in [0.25, 0.3) is 0 Å². The van der Waals surface area contributed by atoms with E-state index in [0.29, 0.717) is 42.8 Å². The van der Waals surface area contributed by atoms with Crippen LogP contribution in [0.1, 0.15) is 13.3 Å². The quantitative estimate of drug-likeness (QED) is 0.759. The SMILES string of the molecule is CCOCCOc1ccc(Cl)cc1NC(=O)[C@@H]1CCNC1. The van der Waals surface area contributed by atoms with E-state index >= 15 is 0 Å². The minimum absolute atomic E-state index is 0.000237. The second-order valence-electron chi connectivity index (χ2n) is 4.86. The number of carbonyl (C=O) groups excluding carboxylic acids is 1. The lowest BCUT2D eigenvalue weighted by Gasteiger charge is -2.15. The van der Waals surface area contributed by atoms with E-state index in [0.717, 1.165) is 13.0 Å². The smallest absolute Gasteiger partial charge is 0.228 e. The van der Waals surface area contributed by atoms with Gasteiger partial charge in [0.1, 0.15) is 12.4 Å². The fourth-order valence-electron chi connectivity index (χ4n) is 2.19. The molecule has 2 rings (SSSR count). The van der Waals surface area contributed by atoms with Crippen LogP contribution in [0.4, 0.5) is 5.69 Å². The number of benzene rings is 1. The van der Waals surface area contributed by atoms with E-state index in [1.165, 1.54) is 0 Å². The van der Waals surface area contributed by atoms with Crippen molar-refractivity contribution in [2.45, 2.75) is 13.3 Å². The van der Waals surface area contributed by atoms with Crippen LogP contribution in [-0.4, -0.2) is 38.8 Å². The van der Waals surface area contributed by atoms with Crippen molar-refractivity contribution in [3.63, 3.8) is 0 Å². The summed E-state index contributed by atoms with van der Waals surface area (Å²) in [5, 5.41) is 6.65. The van der Waals surface area contributed by atoms with Gasteiger partial charge >= 0.3 is 0 Å². The van der Waals surface area contributed by atoms with E-state index < -0.39 is 0 Å². The van der Waals surface area contributed by atoms with Crippen LogP contribution in [0.5, 0.6) is 5.75 Å². The average Bonchev–Trinajstić information content (AvgIpc) is 3.00. The Labute approximate surface area is 130 Å². The minimum Gasteiger partial charge on any atom is -0.489 e. The molecule has 0 bridgehead atoms. The molecule has 1 aliphatic rings. The summed E-state index contributed by atoms with van der Waals surface area (Å²) in [5.41, 5.74) is 0.607. The first-order chi connectivity index (χ1) is 10.2. The Kier molecular flexibility index (Phi) is 6.29. The number of amides is 1. The van der Waals surface area contributed by atoms with Gasteiger partial charge in [0.15, 0.2) is 0 Å². The first-order valence-corrected chi connectivity index (χ1v) is 7.60. The third-order valence-corrected chi connectivity index (χ3v) is 3.56. The van der Waals surface area contributed by atoms with Crippen molar-refractivity contribution < 1.29 is 14.3 Å². The zero-order valence-corrected chi connectivity index (χ0v) is 12.9. The number of carbonyl (C=O) groups is 1. The van der Waals surface area contributed by atoms with Crippen molar-refractivity contribution in [3.8, 4) is 5.75 Å². The molecule has 0 aromatic heterocycles. The van der Waals surface area contributed by atoms with E-state index in [-0.39, 0.29) is 11.8 Å². The van der Waals surface area contributed by atoms with Crippen LogP contribution in [0.15, 0.2) is 18.2 Å². The Morgan fingerprint density at radius 3 is 3.05 bits per heavy atom. The number of rotatable bonds is 7. The van der Waals surface area contributed by atoms with Gasteiger partial charge in [-0.3, -0.25) is 4.79 Å². The molecule has 1 aliphatic heterocycles. The molecule has 0 saturated carbocycles.